The van der Waals surface area contributed by atoms with Crippen LogP contribution >= 0.6 is 0 Å². The van der Waals surface area contributed by atoms with Gasteiger partial charge in [-0.1, -0.05) is 55.6 Å². The van der Waals surface area contributed by atoms with Crippen LogP contribution in [-0.4, -0.2) is 6.61 Å². The Morgan fingerprint density at radius 1 is 1.15 bits per heavy atom. The summed E-state index contributed by atoms with van der Waals surface area (Å²) in [6.07, 6.45) is 3.69. The van der Waals surface area contributed by atoms with E-state index in [2.05, 4.69) is 25.3 Å². The Bertz CT molecular complexity index is 254. The number of ether oxygens (including phenoxy) is 1. The van der Waals surface area contributed by atoms with Crippen LogP contribution in [0.1, 0.15) is 11.7 Å². The Morgan fingerprint density at radius 3 is 2.08 bits per heavy atom. The van der Waals surface area contributed by atoms with Crippen molar-refractivity contribution >= 4 is 0 Å². The molecule has 1 aromatic carbocycles. The summed E-state index contributed by atoms with van der Waals surface area (Å²) in [5.74, 6) is 0. The highest BCUT2D eigenvalue weighted by atomic mass is 16.6. The van der Waals surface area contributed by atoms with Crippen molar-refractivity contribution in [3.8, 4) is 0 Å². The van der Waals surface area contributed by atoms with E-state index in [4.69, 9.17) is 4.74 Å². The Morgan fingerprint density at radius 2 is 1.69 bits per heavy atom. The highest BCUT2D eigenvalue weighted by Crippen LogP contribution is 2.28. The van der Waals surface area contributed by atoms with Crippen molar-refractivity contribution in [3.63, 3.8) is 0 Å². The second kappa shape index (κ2) is 5.33. The topological polar surface area (TPSA) is 12.5 Å². The van der Waals surface area contributed by atoms with Gasteiger partial charge >= 0.3 is 0 Å². The minimum Gasteiger partial charge on any atom is -0.368 e. The van der Waals surface area contributed by atoms with Crippen molar-refractivity contribution < 1.29 is 4.74 Å². The van der Waals surface area contributed by atoms with Crippen LogP contribution in [0.4, 0.5) is 0 Å². The SMILES string of the molecule is C=CC=C.c1ccc(C2CO2)cc1. The summed E-state index contributed by atoms with van der Waals surface area (Å²) in [7, 11) is 0. The third kappa shape index (κ3) is 3.72. The molecule has 1 nitrogen and oxygen atoms in total. The number of epoxide rings is 1. The Hall–Kier alpha value is -1.34. The molecule has 1 atom stereocenters. The van der Waals surface area contributed by atoms with E-state index >= 15 is 0 Å². The van der Waals surface area contributed by atoms with Crippen LogP contribution < -0.4 is 0 Å². The summed E-state index contributed by atoms with van der Waals surface area (Å²) >= 11 is 0. The molecule has 0 aromatic heterocycles. The zero-order chi connectivity index (χ0) is 9.52. The van der Waals surface area contributed by atoms with Gasteiger partial charge in [-0.3, -0.25) is 0 Å². The lowest BCUT2D eigenvalue weighted by Gasteiger charge is -1.89. The highest BCUT2D eigenvalue weighted by molar-refractivity contribution is 5.19. The molecule has 1 fully saturated rings. The maximum Gasteiger partial charge on any atom is 0.106 e. The average Bonchev–Trinajstić information content (AvgIpc) is 3.03. The van der Waals surface area contributed by atoms with Gasteiger partial charge < -0.3 is 4.74 Å². The molecule has 68 valence electrons. The summed E-state index contributed by atoms with van der Waals surface area (Å²) < 4.78 is 5.09. The van der Waals surface area contributed by atoms with Crippen LogP contribution in [-0.2, 0) is 4.74 Å². The van der Waals surface area contributed by atoms with Crippen molar-refractivity contribution in [2.24, 2.45) is 0 Å². The molecular formula is C12H14O. The van der Waals surface area contributed by atoms with Gasteiger partial charge in [0.05, 0.1) is 6.61 Å². The van der Waals surface area contributed by atoms with E-state index in [0.717, 1.165) is 6.61 Å². The van der Waals surface area contributed by atoms with Crippen molar-refractivity contribution in [1.29, 1.82) is 0 Å². The number of allylic oxidation sites excluding steroid dienone is 2. The highest BCUT2D eigenvalue weighted by Gasteiger charge is 2.23. The molecule has 1 aliphatic rings. The largest absolute Gasteiger partial charge is 0.368 e. The monoisotopic (exact) mass is 174 g/mol. The van der Waals surface area contributed by atoms with E-state index in [1.165, 1.54) is 5.56 Å². The van der Waals surface area contributed by atoms with Crippen LogP contribution in [0.2, 0.25) is 0 Å². The maximum atomic E-state index is 5.09. The van der Waals surface area contributed by atoms with Crippen molar-refractivity contribution in [3.05, 3.63) is 61.2 Å². The molecule has 0 radical (unpaired) electrons. The lowest BCUT2D eigenvalue weighted by Crippen LogP contribution is -1.75. The van der Waals surface area contributed by atoms with Crippen LogP contribution in [0, 0.1) is 0 Å². The standard InChI is InChI=1S/C8H8O.C4H6/c1-2-4-7(5-3-1)8-6-9-8;1-3-4-2/h1-5,8H,6H2;3-4H,1-2H2. The number of hydrogen-bond acceptors (Lipinski definition) is 1. The van der Waals surface area contributed by atoms with Crippen molar-refractivity contribution in [1.82, 2.24) is 0 Å². The van der Waals surface area contributed by atoms with Gasteiger partial charge in [0.15, 0.2) is 0 Å². The van der Waals surface area contributed by atoms with Gasteiger partial charge in [0.2, 0.25) is 0 Å². The molecular weight excluding hydrogens is 160 g/mol. The molecule has 1 saturated heterocycles. The fourth-order valence-corrected chi connectivity index (χ4v) is 0.908. The third-order valence-corrected chi connectivity index (χ3v) is 1.67. The summed E-state index contributed by atoms with van der Waals surface area (Å²) in [5.41, 5.74) is 1.30. The molecule has 0 spiro atoms. The predicted molar refractivity (Wildman–Crippen MR) is 55.5 cm³/mol. The zero-order valence-corrected chi connectivity index (χ0v) is 7.65. The van der Waals surface area contributed by atoms with E-state index < -0.39 is 0 Å². The van der Waals surface area contributed by atoms with Crippen molar-refractivity contribution in [2.75, 3.05) is 6.61 Å². The predicted octanol–water partition coefficient (Wildman–Crippen LogP) is 3.12. The molecule has 0 N–H and O–H groups in total. The Balaban J connectivity index is 0.000000184. The summed E-state index contributed by atoms with van der Waals surface area (Å²) in [6, 6.07) is 10.3. The van der Waals surface area contributed by atoms with Crippen LogP contribution in [0.25, 0.3) is 0 Å². The smallest absolute Gasteiger partial charge is 0.106 e. The van der Waals surface area contributed by atoms with E-state index in [9.17, 15) is 0 Å². The minimum absolute atomic E-state index is 0.409. The fourth-order valence-electron chi connectivity index (χ4n) is 0.908. The van der Waals surface area contributed by atoms with Crippen LogP contribution in [0.3, 0.4) is 0 Å². The van der Waals surface area contributed by atoms with Gasteiger partial charge in [-0.05, 0) is 5.56 Å². The van der Waals surface area contributed by atoms with Gasteiger partial charge in [0, 0.05) is 0 Å². The molecule has 1 aromatic rings. The lowest BCUT2D eigenvalue weighted by atomic mass is 10.2. The van der Waals surface area contributed by atoms with Crippen LogP contribution in [0.5, 0.6) is 0 Å². The second-order valence-corrected chi connectivity index (χ2v) is 2.70. The first-order valence-corrected chi connectivity index (χ1v) is 4.28. The molecule has 0 saturated carbocycles. The van der Waals surface area contributed by atoms with Crippen LogP contribution in [0.15, 0.2) is 55.6 Å². The quantitative estimate of drug-likeness (QED) is 0.495. The second-order valence-electron chi connectivity index (χ2n) is 2.70. The van der Waals surface area contributed by atoms with Gasteiger partial charge in [0.25, 0.3) is 0 Å². The van der Waals surface area contributed by atoms with E-state index in [1.54, 1.807) is 12.2 Å². The summed E-state index contributed by atoms with van der Waals surface area (Å²) in [4.78, 5) is 0. The molecule has 0 bridgehead atoms. The molecule has 1 unspecified atom stereocenters. The van der Waals surface area contributed by atoms with Gasteiger partial charge in [-0.2, -0.15) is 0 Å². The fraction of sp³-hybridized carbons (Fsp3) is 0.167. The number of benzene rings is 1. The van der Waals surface area contributed by atoms with Gasteiger partial charge in [0.1, 0.15) is 6.10 Å². The normalized spacial score (nSPS) is 18.0. The maximum absolute atomic E-state index is 5.09. The Kier molecular flexibility index (Phi) is 4.00. The molecule has 13 heavy (non-hydrogen) atoms. The zero-order valence-electron chi connectivity index (χ0n) is 7.65. The molecule has 0 amide bonds. The Labute approximate surface area is 79.4 Å². The average molecular weight is 174 g/mol. The van der Waals surface area contributed by atoms with Crippen molar-refractivity contribution in [2.45, 2.75) is 6.10 Å². The van der Waals surface area contributed by atoms with E-state index in [-0.39, 0.29) is 0 Å². The summed E-state index contributed by atoms with van der Waals surface area (Å²) in [6.45, 7) is 7.63. The first kappa shape index (κ1) is 9.75. The minimum atomic E-state index is 0.409. The molecule has 1 heteroatoms. The molecule has 1 heterocycles. The van der Waals surface area contributed by atoms with Gasteiger partial charge in [-0.15, -0.1) is 0 Å². The lowest BCUT2D eigenvalue weighted by molar-refractivity contribution is 0.415. The molecule has 2 rings (SSSR count). The first-order chi connectivity index (χ1) is 6.38. The first-order valence-electron chi connectivity index (χ1n) is 4.28. The van der Waals surface area contributed by atoms with E-state index in [0.29, 0.717) is 6.10 Å². The van der Waals surface area contributed by atoms with E-state index in [1.807, 2.05) is 18.2 Å². The van der Waals surface area contributed by atoms with Gasteiger partial charge in [-0.25, -0.2) is 0 Å². The summed E-state index contributed by atoms with van der Waals surface area (Å²) in [5, 5.41) is 0. The number of hydrogen-bond donors (Lipinski definition) is 0. The molecule has 0 aliphatic carbocycles. The molecule has 1 aliphatic heterocycles. The third-order valence-electron chi connectivity index (χ3n) is 1.67. The number of rotatable bonds is 2.